The molecule has 6 heteroatoms. The van der Waals surface area contributed by atoms with E-state index in [2.05, 4.69) is 25.2 Å². The molecule has 0 unspecified atom stereocenters. The summed E-state index contributed by atoms with van der Waals surface area (Å²) in [5.41, 5.74) is 6.04. The molecule has 0 spiro atoms. The number of hydrogen-bond acceptors (Lipinski definition) is 4. The first kappa shape index (κ1) is 24.3. The number of anilines is 1. The van der Waals surface area contributed by atoms with E-state index in [-0.39, 0.29) is 11.7 Å². The molecule has 1 aliphatic heterocycles. The largest absolute Gasteiger partial charge is 0.380 e. The van der Waals surface area contributed by atoms with E-state index in [1.54, 1.807) is 18.2 Å². The molecule has 0 bridgehead atoms. The third kappa shape index (κ3) is 6.01. The maximum Gasteiger partial charge on any atom is 0.253 e. The number of carbonyl (C=O) groups excluding carboxylic acids is 1. The number of nitrogens with zero attached hydrogens (tertiary/aromatic N) is 2. The maximum atomic E-state index is 13.4. The van der Waals surface area contributed by atoms with Gasteiger partial charge in [0, 0.05) is 54.3 Å². The number of para-hydroxylation sites is 1. The van der Waals surface area contributed by atoms with Gasteiger partial charge in [0.1, 0.15) is 5.82 Å². The van der Waals surface area contributed by atoms with E-state index >= 15 is 0 Å². The van der Waals surface area contributed by atoms with Crippen molar-refractivity contribution in [2.24, 2.45) is 10.9 Å². The molecule has 0 aliphatic carbocycles. The summed E-state index contributed by atoms with van der Waals surface area (Å²) < 4.78 is 13.4. The highest BCUT2D eigenvalue weighted by Gasteiger charge is 2.25. The minimum absolute atomic E-state index is 0.0169. The molecule has 0 aromatic heterocycles. The highest BCUT2D eigenvalue weighted by molar-refractivity contribution is 5.98. The third-order valence-electron chi connectivity index (χ3n) is 6.61. The first-order valence-electron chi connectivity index (χ1n) is 12.0. The van der Waals surface area contributed by atoms with E-state index in [1.165, 1.54) is 18.3 Å². The molecule has 0 atom stereocenters. The number of piperidine rings is 1. The van der Waals surface area contributed by atoms with Crippen LogP contribution in [0.1, 0.15) is 46.8 Å². The van der Waals surface area contributed by atoms with Crippen LogP contribution in [-0.4, -0.2) is 35.8 Å². The van der Waals surface area contributed by atoms with Gasteiger partial charge in [0.2, 0.25) is 0 Å². The fourth-order valence-electron chi connectivity index (χ4n) is 4.47. The van der Waals surface area contributed by atoms with Crippen LogP contribution in [0.5, 0.6) is 0 Å². The minimum Gasteiger partial charge on any atom is -0.380 e. The lowest BCUT2D eigenvalue weighted by Gasteiger charge is -2.32. The van der Waals surface area contributed by atoms with E-state index < -0.39 is 0 Å². The third-order valence-corrected chi connectivity index (χ3v) is 6.61. The van der Waals surface area contributed by atoms with Crippen molar-refractivity contribution in [3.8, 4) is 0 Å². The van der Waals surface area contributed by atoms with E-state index in [4.69, 9.17) is 10.4 Å². The number of hydrogen-bond donors (Lipinski definition) is 2. The predicted molar refractivity (Wildman–Crippen MR) is 141 cm³/mol. The average Bonchev–Trinajstić information content (AvgIpc) is 2.88. The van der Waals surface area contributed by atoms with E-state index in [1.807, 2.05) is 35.2 Å². The molecule has 0 radical (unpaired) electrons. The average molecular weight is 471 g/mol. The summed E-state index contributed by atoms with van der Waals surface area (Å²) in [5, 5.41) is 11.0. The van der Waals surface area contributed by atoms with E-state index in [0.717, 1.165) is 41.1 Å². The number of nitrogens with one attached hydrogen (secondary N) is 2. The Balaban J connectivity index is 1.38. The van der Waals surface area contributed by atoms with Gasteiger partial charge in [-0.1, -0.05) is 30.3 Å². The normalized spacial score (nSPS) is 14.6. The zero-order valence-corrected chi connectivity index (χ0v) is 20.2. The zero-order chi connectivity index (χ0) is 24.8. The molecule has 5 nitrogen and oxygen atoms in total. The van der Waals surface area contributed by atoms with Gasteiger partial charge in [-0.15, -0.1) is 0 Å². The molecule has 35 heavy (non-hydrogen) atoms. The zero-order valence-electron chi connectivity index (χ0n) is 20.2. The van der Waals surface area contributed by atoms with Crippen molar-refractivity contribution in [3.63, 3.8) is 0 Å². The summed E-state index contributed by atoms with van der Waals surface area (Å²) in [6.45, 7) is 5.95. The number of likely N-dealkylation sites (tertiary alicyclic amines) is 1. The highest BCUT2D eigenvalue weighted by Crippen LogP contribution is 2.25. The molecule has 0 saturated carbocycles. The standard InChI is InChI=1S/C29H31FN4O/c1-20-6-3-4-9-27(20)33-21(2)23-12-14-34(15-13-23)29(35)24-10-11-28(25(17-24)18-31)32-19-22-7-5-8-26(30)16-22/h3-11,16-18,23,31-32H,12-15,19H2,1-2H3. The second kappa shape index (κ2) is 11.1. The Morgan fingerprint density at radius 3 is 2.60 bits per heavy atom. The molecule has 1 heterocycles. The topological polar surface area (TPSA) is 68.6 Å². The fourth-order valence-corrected chi connectivity index (χ4v) is 4.47. The van der Waals surface area contributed by atoms with Crippen LogP contribution >= 0.6 is 0 Å². The smallest absolute Gasteiger partial charge is 0.253 e. The molecule has 4 rings (SSSR count). The van der Waals surface area contributed by atoms with Crippen LogP contribution in [-0.2, 0) is 6.54 Å². The summed E-state index contributed by atoms with van der Waals surface area (Å²) in [7, 11) is 0. The number of rotatable bonds is 7. The summed E-state index contributed by atoms with van der Waals surface area (Å²) in [6.07, 6.45) is 3.01. The Labute approximate surface area is 206 Å². The van der Waals surface area contributed by atoms with Crippen LogP contribution in [0.3, 0.4) is 0 Å². The number of halogens is 1. The summed E-state index contributed by atoms with van der Waals surface area (Å²) >= 11 is 0. The molecule has 3 aromatic carbocycles. The lowest BCUT2D eigenvalue weighted by molar-refractivity contribution is 0.0710. The summed E-state index contributed by atoms with van der Waals surface area (Å²) in [6, 6.07) is 19.9. The van der Waals surface area contributed by atoms with Crippen LogP contribution in [0.15, 0.2) is 71.7 Å². The molecule has 3 aromatic rings. The van der Waals surface area contributed by atoms with Gasteiger partial charge in [-0.2, -0.15) is 0 Å². The van der Waals surface area contributed by atoms with Crippen LogP contribution in [0.2, 0.25) is 0 Å². The maximum absolute atomic E-state index is 13.4. The fraction of sp³-hybridized carbons (Fsp3) is 0.276. The molecular formula is C29H31FN4O. The first-order chi connectivity index (χ1) is 16.9. The second-order valence-corrected chi connectivity index (χ2v) is 9.04. The molecule has 1 saturated heterocycles. The van der Waals surface area contributed by atoms with Crippen LogP contribution in [0.25, 0.3) is 0 Å². The second-order valence-electron chi connectivity index (χ2n) is 9.04. The lowest BCUT2D eigenvalue weighted by atomic mass is 9.92. The van der Waals surface area contributed by atoms with Gasteiger partial charge in [-0.25, -0.2) is 4.39 Å². The van der Waals surface area contributed by atoms with Crippen molar-refractivity contribution in [1.82, 2.24) is 4.90 Å². The van der Waals surface area contributed by atoms with Gasteiger partial charge in [-0.3, -0.25) is 9.79 Å². The van der Waals surface area contributed by atoms with E-state index in [9.17, 15) is 9.18 Å². The number of amides is 1. The van der Waals surface area contributed by atoms with Gasteiger partial charge in [0.15, 0.2) is 0 Å². The molecule has 2 N–H and O–H groups in total. The van der Waals surface area contributed by atoms with Gasteiger partial charge in [0.05, 0.1) is 5.69 Å². The SMILES string of the molecule is CC(=Nc1ccccc1C)C1CCN(C(=O)c2ccc(NCc3cccc(F)c3)c(C=N)c2)CC1. The van der Waals surface area contributed by atoms with Crippen molar-refractivity contribution in [2.45, 2.75) is 33.2 Å². The van der Waals surface area contributed by atoms with Gasteiger partial charge >= 0.3 is 0 Å². The number of carbonyl (C=O) groups is 1. The Kier molecular flexibility index (Phi) is 7.70. The molecule has 1 aliphatic rings. The monoisotopic (exact) mass is 470 g/mol. The summed E-state index contributed by atoms with van der Waals surface area (Å²) in [4.78, 5) is 19.9. The highest BCUT2D eigenvalue weighted by atomic mass is 19.1. The Bertz CT molecular complexity index is 1240. The Hall–Kier alpha value is -3.80. The predicted octanol–water partition coefficient (Wildman–Crippen LogP) is 6.39. The van der Waals surface area contributed by atoms with Crippen molar-refractivity contribution in [2.75, 3.05) is 18.4 Å². The van der Waals surface area contributed by atoms with Gasteiger partial charge in [-0.05, 0) is 74.2 Å². The van der Waals surface area contributed by atoms with Gasteiger partial charge < -0.3 is 15.6 Å². The van der Waals surface area contributed by atoms with Crippen LogP contribution in [0.4, 0.5) is 15.8 Å². The van der Waals surface area contributed by atoms with Crippen molar-refractivity contribution >= 4 is 29.2 Å². The van der Waals surface area contributed by atoms with E-state index in [0.29, 0.717) is 36.7 Å². The number of benzene rings is 3. The molecule has 1 amide bonds. The quantitative estimate of drug-likeness (QED) is 0.393. The van der Waals surface area contributed by atoms with Crippen LogP contribution in [0, 0.1) is 24.1 Å². The molecular weight excluding hydrogens is 439 g/mol. The lowest BCUT2D eigenvalue weighted by Crippen LogP contribution is -2.40. The molecule has 1 fully saturated rings. The minimum atomic E-state index is -0.280. The Morgan fingerprint density at radius 1 is 1.11 bits per heavy atom. The first-order valence-corrected chi connectivity index (χ1v) is 12.0. The van der Waals surface area contributed by atoms with Crippen molar-refractivity contribution < 1.29 is 9.18 Å². The number of aliphatic imine (C=N–C) groups is 1. The van der Waals surface area contributed by atoms with Crippen molar-refractivity contribution in [1.29, 1.82) is 5.41 Å². The van der Waals surface area contributed by atoms with Crippen LogP contribution < -0.4 is 5.32 Å². The van der Waals surface area contributed by atoms with Crippen molar-refractivity contribution in [3.05, 3.63) is 94.8 Å². The van der Waals surface area contributed by atoms with Gasteiger partial charge in [0.25, 0.3) is 5.91 Å². The Morgan fingerprint density at radius 2 is 1.89 bits per heavy atom. The molecule has 180 valence electrons. The number of aryl methyl sites for hydroxylation is 1. The summed E-state index contributed by atoms with van der Waals surface area (Å²) in [5.74, 6) is 0.0693.